The largest absolute Gasteiger partial charge is 0.444 e. The van der Waals surface area contributed by atoms with Gasteiger partial charge in [0.15, 0.2) is 0 Å². The zero-order chi connectivity index (χ0) is 20.6. The van der Waals surface area contributed by atoms with Gasteiger partial charge in [0.25, 0.3) is 0 Å². The quantitative estimate of drug-likeness (QED) is 0.644. The summed E-state index contributed by atoms with van der Waals surface area (Å²) in [4.78, 5) is 36.7. The van der Waals surface area contributed by atoms with Crippen molar-refractivity contribution < 1.29 is 19.1 Å². The zero-order valence-electron chi connectivity index (χ0n) is 16.7. The molecule has 0 radical (unpaired) electrons. The summed E-state index contributed by atoms with van der Waals surface area (Å²) >= 11 is 0. The third-order valence-corrected chi connectivity index (χ3v) is 4.11. The molecule has 150 valence electrons. The van der Waals surface area contributed by atoms with Crippen LogP contribution in [-0.2, 0) is 20.7 Å². The van der Waals surface area contributed by atoms with Crippen LogP contribution < -0.4 is 16.4 Å². The van der Waals surface area contributed by atoms with E-state index in [1.54, 1.807) is 20.8 Å². The number of primary amides is 1. The standard InChI is InChI=1S/C20H31N3O4/c1-6-13(2)16(23-19(26)27-20(3,4)5)18(25)22-15(17(21)24)12-14-10-8-7-9-11-14/h7-11,13,15-16H,6,12H2,1-5H3,(H2,21,24)(H,22,25)(H,23,26)/t13-,15+,16-/m1/s1. The predicted molar refractivity (Wildman–Crippen MR) is 104 cm³/mol. The van der Waals surface area contributed by atoms with Crippen LogP contribution in [0.3, 0.4) is 0 Å². The highest BCUT2D eigenvalue weighted by Crippen LogP contribution is 2.12. The Balaban J connectivity index is 2.86. The number of nitrogens with two attached hydrogens (primary N) is 1. The third kappa shape index (κ3) is 8.11. The highest BCUT2D eigenvalue weighted by molar-refractivity contribution is 5.91. The monoisotopic (exact) mass is 377 g/mol. The van der Waals surface area contributed by atoms with Crippen molar-refractivity contribution in [1.29, 1.82) is 0 Å². The summed E-state index contributed by atoms with van der Waals surface area (Å²) in [5.74, 6) is -1.25. The van der Waals surface area contributed by atoms with Gasteiger partial charge in [-0.05, 0) is 32.3 Å². The summed E-state index contributed by atoms with van der Waals surface area (Å²) < 4.78 is 5.24. The van der Waals surface area contributed by atoms with E-state index in [-0.39, 0.29) is 12.3 Å². The fraction of sp³-hybridized carbons (Fsp3) is 0.550. The lowest BCUT2D eigenvalue weighted by atomic mass is 9.97. The van der Waals surface area contributed by atoms with Gasteiger partial charge in [-0.15, -0.1) is 0 Å². The van der Waals surface area contributed by atoms with E-state index in [2.05, 4.69) is 10.6 Å². The molecule has 0 aliphatic rings. The summed E-state index contributed by atoms with van der Waals surface area (Å²) in [6.45, 7) is 8.99. The molecule has 0 heterocycles. The van der Waals surface area contributed by atoms with Crippen LogP contribution in [0.4, 0.5) is 4.79 Å². The lowest BCUT2D eigenvalue weighted by molar-refractivity contribution is -0.129. The maximum absolute atomic E-state index is 12.8. The number of hydrogen-bond acceptors (Lipinski definition) is 4. The summed E-state index contributed by atoms with van der Waals surface area (Å²) in [7, 11) is 0. The Kier molecular flexibility index (Phi) is 8.28. The van der Waals surface area contributed by atoms with Crippen molar-refractivity contribution >= 4 is 17.9 Å². The average Bonchev–Trinajstić information content (AvgIpc) is 2.57. The smallest absolute Gasteiger partial charge is 0.408 e. The first-order valence-corrected chi connectivity index (χ1v) is 9.16. The molecule has 7 nitrogen and oxygen atoms in total. The van der Waals surface area contributed by atoms with Gasteiger partial charge in [-0.2, -0.15) is 0 Å². The molecule has 0 spiro atoms. The molecule has 27 heavy (non-hydrogen) atoms. The first-order chi connectivity index (χ1) is 12.5. The van der Waals surface area contributed by atoms with Crippen molar-refractivity contribution in [2.75, 3.05) is 0 Å². The van der Waals surface area contributed by atoms with Crippen LogP contribution in [0.5, 0.6) is 0 Å². The van der Waals surface area contributed by atoms with Gasteiger partial charge < -0.3 is 21.1 Å². The van der Waals surface area contributed by atoms with Crippen LogP contribution in [0.25, 0.3) is 0 Å². The maximum Gasteiger partial charge on any atom is 0.408 e. The van der Waals surface area contributed by atoms with Crippen LogP contribution in [0, 0.1) is 5.92 Å². The Bertz CT molecular complexity index is 640. The van der Waals surface area contributed by atoms with Gasteiger partial charge in [-0.1, -0.05) is 50.6 Å². The highest BCUT2D eigenvalue weighted by Gasteiger charge is 2.30. The van der Waals surface area contributed by atoms with E-state index in [4.69, 9.17) is 10.5 Å². The number of rotatable bonds is 8. The first kappa shape index (κ1) is 22.5. The van der Waals surface area contributed by atoms with Crippen molar-refractivity contribution in [2.24, 2.45) is 11.7 Å². The van der Waals surface area contributed by atoms with Crippen LogP contribution in [0.1, 0.15) is 46.6 Å². The number of amides is 3. The topological polar surface area (TPSA) is 111 Å². The number of alkyl carbamates (subject to hydrolysis) is 1. The molecule has 0 saturated carbocycles. The van der Waals surface area contributed by atoms with E-state index in [1.807, 2.05) is 44.2 Å². The summed E-state index contributed by atoms with van der Waals surface area (Å²) in [6.07, 6.45) is 0.261. The van der Waals surface area contributed by atoms with Crippen LogP contribution in [0.15, 0.2) is 30.3 Å². The molecule has 1 aromatic rings. The minimum atomic E-state index is -0.869. The number of carbonyl (C=O) groups excluding carboxylic acids is 3. The van der Waals surface area contributed by atoms with Gasteiger partial charge in [-0.3, -0.25) is 9.59 Å². The number of carbonyl (C=O) groups is 3. The number of hydrogen-bond donors (Lipinski definition) is 3. The molecule has 4 N–H and O–H groups in total. The van der Waals surface area contributed by atoms with Crippen molar-refractivity contribution in [2.45, 2.75) is 65.1 Å². The van der Waals surface area contributed by atoms with Crippen LogP contribution in [0.2, 0.25) is 0 Å². The molecule has 0 aliphatic heterocycles. The van der Waals surface area contributed by atoms with Gasteiger partial charge in [0.1, 0.15) is 17.7 Å². The molecule has 1 rings (SSSR count). The molecule has 3 amide bonds. The molecule has 1 aromatic carbocycles. The molecule has 7 heteroatoms. The van der Waals surface area contributed by atoms with Gasteiger partial charge in [0.05, 0.1) is 0 Å². The molecule has 0 aromatic heterocycles. The number of nitrogens with one attached hydrogen (secondary N) is 2. The zero-order valence-corrected chi connectivity index (χ0v) is 16.7. The molecule has 0 bridgehead atoms. The normalized spacial score (nSPS) is 14.6. The van der Waals surface area contributed by atoms with Crippen molar-refractivity contribution in [1.82, 2.24) is 10.6 Å². The Morgan fingerprint density at radius 2 is 1.70 bits per heavy atom. The van der Waals surface area contributed by atoms with Crippen molar-refractivity contribution in [3.8, 4) is 0 Å². The Labute approximate surface area is 161 Å². The second kappa shape index (κ2) is 9.94. The second-order valence-electron chi connectivity index (χ2n) is 7.66. The Morgan fingerprint density at radius 1 is 1.11 bits per heavy atom. The third-order valence-electron chi connectivity index (χ3n) is 4.11. The molecule has 0 unspecified atom stereocenters. The lowest BCUT2D eigenvalue weighted by Crippen LogP contribution is -2.56. The summed E-state index contributed by atoms with van der Waals surface area (Å²) in [5, 5.41) is 5.27. The SMILES string of the molecule is CC[C@@H](C)[C@@H](NC(=O)OC(C)(C)C)C(=O)N[C@@H](Cc1ccccc1)C(N)=O. The average molecular weight is 377 g/mol. The van der Waals surface area contributed by atoms with Crippen molar-refractivity contribution in [3.63, 3.8) is 0 Å². The van der Waals surface area contributed by atoms with Crippen LogP contribution >= 0.6 is 0 Å². The van der Waals surface area contributed by atoms with E-state index >= 15 is 0 Å². The van der Waals surface area contributed by atoms with E-state index in [9.17, 15) is 14.4 Å². The minimum Gasteiger partial charge on any atom is -0.444 e. The molecule has 0 fully saturated rings. The van der Waals surface area contributed by atoms with Gasteiger partial charge in [0, 0.05) is 6.42 Å². The number of ether oxygens (including phenoxy) is 1. The molecule has 0 saturated heterocycles. The van der Waals surface area contributed by atoms with Crippen molar-refractivity contribution in [3.05, 3.63) is 35.9 Å². The molecule has 3 atom stereocenters. The Morgan fingerprint density at radius 3 is 2.19 bits per heavy atom. The molecular formula is C20H31N3O4. The van der Waals surface area contributed by atoms with E-state index < -0.39 is 35.6 Å². The molecular weight excluding hydrogens is 346 g/mol. The lowest BCUT2D eigenvalue weighted by Gasteiger charge is -2.27. The first-order valence-electron chi connectivity index (χ1n) is 9.16. The van der Waals surface area contributed by atoms with Gasteiger partial charge in [0.2, 0.25) is 11.8 Å². The predicted octanol–water partition coefficient (Wildman–Crippen LogP) is 2.14. The minimum absolute atomic E-state index is 0.150. The maximum atomic E-state index is 12.8. The van der Waals surface area contributed by atoms with E-state index in [0.29, 0.717) is 6.42 Å². The van der Waals surface area contributed by atoms with Gasteiger partial charge in [-0.25, -0.2) is 4.79 Å². The fourth-order valence-electron chi connectivity index (χ4n) is 2.47. The summed E-state index contributed by atoms with van der Waals surface area (Å²) in [6, 6.07) is 7.57. The van der Waals surface area contributed by atoms with E-state index in [1.165, 1.54) is 0 Å². The van der Waals surface area contributed by atoms with Crippen LogP contribution in [-0.4, -0.2) is 35.6 Å². The molecule has 0 aliphatic carbocycles. The van der Waals surface area contributed by atoms with Gasteiger partial charge >= 0.3 is 6.09 Å². The number of benzene rings is 1. The second-order valence-corrected chi connectivity index (χ2v) is 7.66. The van der Waals surface area contributed by atoms with E-state index in [0.717, 1.165) is 5.56 Å². The highest BCUT2D eigenvalue weighted by atomic mass is 16.6. The summed E-state index contributed by atoms with van der Waals surface area (Å²) in [5.41, 5.74) is 5.66. The Hall–Kier alpha value is -2.57. The fourth-order valence-corrected chi connectivity index (χ4v) is 2.47.